The molecule has 12 aromatic carbocycles. The molecule has 8 aromatic heterocycles. The molecule has 0 aliphatic heterocycles. The summed E-state index contributed by atoms with van der Waals surface area (Å²) in [5, 5.41) is 18.9. The van der Waals surface area contributed by atoms with E-state index in [9.17, 15) is 0 Å². The fourth-order valence-electron chi connectivity index (χ4n) is 13.3. The van der Waals surface area contributed by atoms with Gasteiger partial charge in [0.15, 0.2) is 0 Å². The number of furan rings is 1. The molecular weight excluding hydrogens is 1110 g/mol. The standard InChI is InChI=1S/C38H21N3OS.C38H21N3S2/c1-2-10-23-21-31-28(19-22(23)9-1)25-11-3-6-14-30(25)41(31)38-39-36(35-27-13-4-7-15-32(27)42-37(35)40-38)24-17-18-34-29(20-24)26-12-5-8-16-33(26)43-34;1-2-10-23-21-31-28(19-22(23)9-1)25-11-3-6-14-30(25)41(31)38-39-36(35-27-13-5-8-16-33(27)43-37(35)40-38)24-17-18-34-29(20-24)26-12-4-7-15-32(26)42-34/h2*1-21H. The van der Waals surface area contributed by atoms with Crippen LogP contribution in [0.1, 0.15) is 0 Å². The number of rotatable bonds is 4. The molecule has 0 aliphatic carbocycles. The van der Waals surface area contributed by atoms with Crippen LogP contribution in [0.15, 0.2) is 259 Å². The smallest absolute Gasteiger partial charge is 0.238 e. The van der Waals surface area contributed by atoms with E-state index in [0.717, 1.165) is 71.2 Å². The molecule has 7 nitrogen and oxygen atoms in total. The highest BCUT2D eigenvalue weighted by atomic mass is 32.1. The van der Waals surface area contributed by atoms with Crippen molar-refractivity contribution in [1.29, 1.82) is 0 Å². The number of para-hydroxylation sites is 3. The number of thiophene rings is 3. The predicted octanol–water partition coefficient (Wildman–Crippen LogP) is 21.8. The maximum atomic E-state index is 6.43. The second kappa shape index (κ2) is 18.4. The molecule has 0 amide bonds. The van der Waals surface area contributed by atoms with E-state index in [4.69, 9.17) is 24.4 Å². The maximum absolute atomic E-state index is 6.43. The molecule has 0 saturated heterocycles. The first kappa shape index (κ1) is 47.8. The Bertz CT molecular complexity index is 5870. The van der Waals surface area contributed by atoms with E-state index in [1.165, 1.54) is 93.5 Å². The summed E-state index contributed by atoms with van der Waals surface area (Å²) in [5.74, 6) is 1.30. The Balaban J connectivity index is 0.000000126. The molecule has 20 rings (SSSR count). The van der Waals surface area contributed by atoms with Crippen LogP contribution in [0.25, 0.3) is 182 Å². The van der Waals surface area contributed by atoms with E-state index in [-0.39, 0.29) is 0 Å². The van der Waals surface area contributed by atoms with Gasteiger partial charge < -0.3 is 4.42 Å². The highest BCUT2D eigenvalue weighted by Gasteiger charge is 2.24. The van der Waals surface area contributed by atoms with Crippen LogP contribution in [0, 0.1) is 0 Å². The zero-order valence-electron chi connectivity index (χ0n) is 45.6. The van der Waals surface area contributed by atoms with E-state index in [2.05, 4.69) is 246 Å². The van der Waals surface area contributed by atoms with Crippen molar-refractivity contribution in [2.75, 3.05) is 0 Å². The van der Waals surface area contributed by atoms with E-state index < -0.39 is 0 Å². The van der Waals surface area contributed by atoms with Crippen molar-refractivity contribution < 1.29 is 4.42 Å². The second-order valence-electron chi connectivity index (χ2n) is 22.1. The minimum atomic E-state index is 0.586. The molecule has 0 unspecified atom stereocenters. The lowest BCUT2D eigenvalue weighted by Crippen LogP contribution is -2.02. The molecule has 10 heteroatoms. The molecule has 0 radical (unpaired) electrons. The summed E-state index contributed by atoms with van der Waals surface area (Å²) >= 11 is 5.41. The molecule has 0 atom stereocenters. The fraction of sp³-hybridized carbons (Fsp3) is 0. The van der Waals surface area contributed by atoms with Crippen LogP contribution in [0.4, 0.5) is 0 Å². The van der Waals surface area contributed by atoms with Crippen molar-refractivity contribution >= 4 is 182 Å². The van der Waals surface area contributed by atoms with Crippen molar-refractivity contribution in [2.45, 2.75) is 0 Å². The van der Waals surface area contributed by atoms with Crippen LogP contribution >= 0.6 is 34.0 Å². The average Bonchev–Trinajstić information content (AvgIpc) is 3.50. The predicted molar refractivity (Wildman–Crippen MR) is 365 cm³/mol. The molecule has 8 heterocycles. The van der Waals surface area contributed by atoms with Gasteiger partial charge in [-0.15, -0.1) is 34.0 Å². The molecule has 0 N–H and O–H groups in total. The molecule has 86 heavy (non-hydrogen) atoms. The second-order valence-corrected chi connectivity index (χ2v) is 25.3. The molecule has 0 bridgehead atoms. The van der Waals surface area contributed by atoms with Crippen molar-refractivity contribution in [3.63, 3.8) is 0 Å². The van der Waals surface area contributed by atoms with Gasteiger partial charge in [0.1, 0.15) is 10.4 Å². The van der Waals surface area contributed by atoms with Gasteiger partial charge in [-0.05, 0) is 106 Å². The summed E-state index contributed by atoms with van der Waals surface area (Å²) in [7, 11) is 0. The zero-order valence-corrected chi connectivity index (χ0v) is 48.0. The molecule has 0 spiro atoms. The van der Waals surface area contributed by atoms with E-state index in [0.29, 0.717) is 17.6 Å². The highest BCUT2D eigenvalue weighted by Crippen LogP contribution is 2.45. The van der Waals surface area contributed by atoms with E-state index in [1.807, 2.05) is 40.9 Å². The number of nitrogens with zero attached hydrogens (tertiary/aromatic N) is 6. The maximum Gasteiger partial charge on any atom is 0.238 e. The van der Waals surface area contributed by atoms with Crippen LogP contribution in [0.3, 0.4) is 0 Å². The van der Waals surface area contributed by atoms with Crippen LogP contribution in [-0.4, -0.2) is 29.1 Å². The molecule has 400 valence electrons. The lowest BCUT2D eigenvalue weighted by molar-refractivity contribution is 0.651. The number of fused-ring (bicyclic) bond motifs is 20. The van der Waals surface area contributed by atoms with Crippen LogP contribution in [-0.2, 0) is 0 Å². The summed E-state index contributed by atoms with van der Waals surface area (Å²) in [5.41, 5.74) is 9.75. The lowest BCUT2D eigenvalue weighted by atomic mass is 10.0. The van der Waals surface area contributed by atoms with Gasteiger partial charge >= 0.3 is 0 Å². The van der Waals surface area contributed by atoms with Gasteiger partial charge in [0.2, 0.25) is 17.6 Å². The number of aromatic nitrogens is 6. The molecule has 0 aliphatic rings. The Hall–Kier alpha value is -10.6. The fourth-order valence-corrected chi connectivity index (χ4v) is 16.6. The Morgan fingerprint density at radius 2 is 0.698 bits per heavy atom. The SMILES string of the molecule is c1ccc2cc3c(cc2c1)c1ccccc1n3-c1nc(-c2ccc3sc4ccccc4c3c2)c2c(n1)oc1ccccc12.c1ccc2cc3c(cc2c1)c1ccccc1n3-c1nc(-c2ccc3sc4ccccc4c3c2)c2c(n1)sc1ccccc12. The summed E-state index contributed by atoms with van der Waals surface area (Å²) in [6, 6.07) is 90.8. The van der Waals surface area contributed by atoms with Crippen molar-refractivity contribution in [1.82, 2.24) is 29.1 Å². The lowest BCUT2D eigenvalue weighted by Gasteiger charge is -2.11. The first-order chi connectivity index (χ1) is 42.6. The Labute approximate surface area is 501 Å². The third-order valence-electron chi connectivity index (χ3n) is 17.2. The summed E-state index contributed by atoms with van der Waals surface area (Å²) in [6.07, 6.45) is 0. The Morgan fingerprint density at radius 3 is 1.26 bits per heavy atom. The van der Waals surface area contributed by atoms with Gasteiger partial charge in [-0.3, -0.25) is 9.13 Å². The van der Waals surface area contributed by atoms with E-state index >= 15 is 0 Å². The summed E-state index contributed by atoms with van der Waals surface area (Å²) < 4.78 is 17.2. The largest absolute Gasteiger partial charge is 0.437 e. The number of benzene rings is 12. The van der Waals surface area contributed by atoms with Crippen LogP contribution in [0.5, 0.6) is 0 Å². The number of hydrogen-bond acceptors (Lipinski definition) is 8. The van der Waals surface area contributed by atoms with Gasteiger partial charge in [-0.25, -0.2) is 15.0 Å². The Morgan fingerprint density at radius 1 is 0.279 bits per heavy atom. The minimum Gasteiger partial charge on any atom is -0.437 e. The quantitative estimate of drug-likeness (QED) is 0.176. The van der Waals surface area contributed by atoms with Crippen molar-refractivity contribution in [2.24, 2.45) is 0 Å². The first-order valence-electron chi connectivity index (χ1n) is 28.7. The molecular formula is C76H42N6OS3. The van der Waals surface area contributed by atoms with Crippen LogP contribution < -0.4 is 0 Å². The minimum absolute atomic E-state index is 0.586. The van der Waals surface area contributed by atoms with Gasteiger partial charge in [0.25, 0.3) is 0 Å². The van der Waals surface area contributed by atoms with Crippen molar-refractivity contribution in [3.8, 4) is 34.4 Å². The Kier molecular flexibility index (Phi) is 10.3. The third kappa shape index (κ3) is 7.18. The molecule has 20 aromatic rings. The monoisotopic (exact) mass is 1150 g/mol. The van der Waals surface area contributed by atoms with Gasteiger partial charge in [-0.2, -0.15) is 4.98 Å². The van der Waals surface area contributed by atoms with Gasteiger partial charge in [-0.1, -0.05) is 170 Å². The summed E-state index contributed by atoms with van der Waals surface area (Å²) in [4.78, 5) is 22.2. The van der Waals surface area contributed by atoms with Gasteiger partial charge in [0, 0.05) is 93.9 Å². The molecule has 0 fully saturated rings. The average molecular weight is 1150 g/mol. The summed E-state index contributed by atoms with van der Waals surface area (Å²) in [6.45, 7) is 0. The van der Waals surface area contributed by atoms with Gasteiger partial charge in [0.05, 0.1) is 38.8 Å². The third-order valence-corrected chi connectivity index (χ3v) is 20.6. The van der Waals surface area contributed by atoms with Crippen molar-refractivity contribution in [3.05, 3.63) is 255 Å². The zero-order chi connectivity index (χ0) is 56.1. The number of hydrogen-bond donors (Lipinski definition) is 0. The first-order valence-corrected chi connectivity index (χ1v) is 31.1. The molecule has 0 saturated carbocycles. The van der Waals surface area contributed by atoms with Crippen LogP contribution in [0.2, 0.25) is 0 Å². The topological polar surface area (TPSA) is 74.6 Å². The normalized spacial score (nSPS) is 12.2. The van der Waals surface area contributed by atoms with E-state index in [1.54, 1.807) is 11.3 Å². The highest BCUT2D eigenvalue weighted by molar-refractivity contribution is 7.26.